The lowest BCUT2D eigenvalue weighted by atomic mass is 9.96. The first kappa shape index (κ1) is 9.26. The third-order valence-electron chi connectivity index (χ3n) is 1.90. The first-order valence-corrected chi connectivity index (χ1v) is 4.23. The molecule has 1 aliphatic carbocycles. The fourth-order valence-corrected chi connectivity index (χ4v) is 0.953. The van der Waals surface area contributed by atoms with Gasteiger partial charge >= 0.3 is 5.97 Å². The molecule has 0 aromatic carbocycles. The lowest BCUT2D eigenvalue weighted by Crippen LogP contribution is -2.23. The lowest BCUT2D eigenvalue weighted by molar-refractivity contribution is -0.140. The summed E-state index contributed by atoms with van der Waals surface area (Å²) in [7, 11) is 0. The van der Waals surface area contributed by atoms with Crippen LogP contribution in [0.25, 0.3) is 0 Å². The zero-order chi connectivity index (χ0) is 8.81. The number of ether oxygens (including phenoxy) is 2. The van der Waals surface area contributed by atoms with Gasteiger partial charge in [0.05, 0.1) is 12.7 Å². The number of esters is 1. The van der Waals surface area contributed by atoms with E-state index in [0.717, 1.165) is 18.9 Å². The van der Waals surface area contributed by atoms with Crippen molar-refractivity contribution in [2.75, 3.05) is 13.2 Å². The zero-order valence-corrected chi connectivity index (χ0v) is 7.12. The molecule has 0 aromatic rings. The van der Waals surface area contributed by atoms with Crippen LogP contribution in [-0.4, -0.2) is 25.3 Å². The molecule has 1 rings (SSSR count). The molecule has 12 heavy (non-hydrogen) atoms. The van der Waals surface area contributed by atoms with Gasteiger partial charge in [-0.3, -0.25) is 0 Å². The Hall–Kier alpha value is -0.830. The van der Waals surface area contributed by atoms with Crippen molar-refractivity contribution in [2.24, 2.45) is 0 Å². The monoisotopic (exact) mass is 170 g/mol. The second-order valence-corrected chi connectivity index (χ2v) is 2.80. The fourth-order valence-electron chi connectivity index (χ4n) is 0.953. The molecule has 0 amide bonds. The van der Waals surface area contributed by atoms with E-state index in [-0.39, 0.29) is 5.97 Å². The van der Waals surface area contributed by atoms with Crippen molar-refractivity contribution in [1.29, 1.82) is 0 Å². The van der Waals surface area contributed by atoms with Crippen molar-refractivity contribution in [1.82, 2.24) is 0 Å². The largest absolute Gasteiger partial charge is 0.460 e. The minimum atomic E-state index is -0.382. The predicted octanol–water partition coefficient (Wildman–Crippen LogP) is 1.28. The molecule has 0 heterocycles. The van der Waals surface area contributed by atoms with Crippen LogP contribution in [0.1, 0.15) is 19.3 Å². The molecular weight excluding hydrogens is 156 g/mol. The number of hydrogen-bond donors (Lipinski definition) is 0. The third kappa shape index (κ3) is 3.05. The highest BCUT2D eigenvalue weighted by Gasteiger charge is 2.17. The van der Waals surface area contributed by atoms with Crippen molar-refractivity contribution in [3.05, 3.63) is 12.7 Å². The standard InChI is InChI=1S/C9H14O3/c1-2-9(10)12-7-6-11-8-4-3-5-8/h2,8H,1,3-7H2. The molecule has 0 atom stereocenters. The van der Waals surface area contributed by atoms with Gasteiger partial charge < -0.3 is 9.47 Å². The molecule has 1 aliphatic rings. The van der Waals surface area contributed by atoms with E-state index in [2.05, 4.69) is 6.58 Å². The molecule has 0 N–H and O–H groups in total. The van der Waals surface area contributed by atoms with Crippen LogP contribution in [0.3, 0.4) is 0 Å². The molecule has 0 aromatic heterocycles. The SMILES string of the molecule is C=CC(=O)OCCOC1CCC1. The van der Waals surface area contributed by atoms with Crippen LogP contribution in [0.5, 0.6) is 0 Å². The molecule has 0 saturated heterocycles. The highest BCUT2D eigenvalue weighted by molar-refractivity contribution is 5.81. The van der Waals surface area contributed by atoms with Gasteiger partial charge in [0.1, 0.15) is 6.61 Å². The van der Waals surface area contributed by atoms with Crippen LogP contribution in [-0.2, 0) is 14.3 Å². The fraction of sp³-hybridized carbons (Fsp3) is 0.667. The molecular formula is C9H14O3. The van der Waals surface area contributed by atoms with Gasteiger partial charge in [-0.1, -0.05) is 6.58 Å². The molecule has 68 valence electrons. The summed E-state index contributed by atoms with van der Waals surface area (Å²) in [5.74, 6) is -0.382. The molecule has 0 radical (unpaired) electrons. The highest BCUT2D eigenvalue weighted by Crippen LogP contribution is 2.21. The van der Waals surface area contributed by atoms with Crippen LogP contribution in [0.2, 0.25) is 0 Å². The number of carbonyl (C=O) groups is 1. The van der Waals surface area contributed by atoms with E-state index in [4.69, 9.17) is 9.47 Å². The Morgan fingerprint density at radius 1 is 1.50 bits per heavy atom. The van der Waals surface area contributed by atoms with E-state index >= 15 is 0 Å². The molecule has 0 bridgehead atoms. The maximum Gasteiger partial charge on any atom is 0.330 e. The normalized spacial score (nSPS) is 16.7. The van der Waals surface area contributed by atoms with Gasteiger partial charge in [0, 0.05) is 6.08 Å². The third-order valence-corrected chi connectivity index (χ3v) is 1.90. The molecule has 3 nitrogen and oxygen atoms in total. The second kappa shape index (κ2) is 4.93. The zero-order valence-electron chi connectivity index (χ0n) is 7.12. The van der Waals surface area contributed by atoms with Crippen LogP contribution in [0, 0.1) is 0 Å². The Bertz CT molecular complexity index is 161. The Balaban J connectivity index is 1.88. The van der Waals surface area contributed by atoms with Crippen LogP contribution in [0.4, 0.5) is 0 Å². The minimum absolute atomic E-state index is 0.335. The Kier molecular flexibility index (Phi) is 3.80. The number of rotatable bonds is 5. The maximum atomic E-state index is 10.5. The first-order valence-electron chi connectivity index (χ1n) is 4.23. The van der Waals surface area contributed by atoms with Gasteiger partial charge in [-0.15, -0.1) is 0 Å². The van der Waals surface area contributed by atoms with Crippen LogP contribution >= 0.6 is 0 Å². The van der Waals surface area contributed by atoms with E-state index in [1.54, 1.807) is 0 Å². The van der Waals surface area contributed by atoms with Crippen LogP contribution < -0.4 is 0 Å². The molecule has 0 spiro atoms. The summed E-state index contributed by atoms with van der Waals surface area (Å²) in [6.45, 7) is 4.13. The summed E-state index contributed by atoms with van der Waals surface area (Å²) in [5.41, 5.74) is 0. The van der Waals surface area contributed by atoms with Gasteiger partial charge in [0.15, 0.2) is 0 Å². The molecule has 0 unspecified atom stereocenters. The molecule has 1 saturated carbocycles. The van der Waals surface area contributed by atoms with E-state index in [0.29, 0.717) is 19.3 Å². The van der Waals surface area contributed by atoms with Gasteiger partial charge in [0.25, 0.3) is 0 Å². The summed E-state index contributed by atoms with van der Waals surface area (Å²) in [6.07, 6.45) is 5.12. The van der Waals surface area contributed by atoms with Crippen molar-refractivity contribution >= 4 is 5.97 Å². The van der Waals surface area contributed by atoms with Crippen molar-refractivity contribution < 1.29 is 14.3 Å². The topological polar surface area (TPSA) is 35.5 Å². The summed E-state index contributed by atoms with van der Waals surface area (Å²) < 4.78 is 10.1. The average molecular weight is 170 g/mol. The van der Waals surface area contributed by atoms with Gasteiger partial charge in [-0.05, 0) is 19.3 Å². The van der Waals surface area contributed by atoms with Crippen LogP contribution in [0.15, 0.2) is 12.7 Å². The summed E-state index contributed by atoms with van der Waals surface area (Å²) >= 11 is 0. The Morgan fingerprint density at radius 3 is 2.75 bits per heavy atom. The van der Waals surface area contributed by atoms with Gasteiger partial charge in [-0.2, -0.15) is 0 Å². The smallest absolute Gasteiger partial charge is 0.330 e. The van der Waals surface area contributed by atoms with E-state index in [9.17, 15) is 4.79 Å². The summed E-state index contributed by atoms with van der Waals surface area (Å²) in [4.78, 5) is 10.5. The van der Waals surface area contributed by atoms with Gasteiger partial charge in [-0.25, -0.2) is 4.79 Å². The average Bonchev–Trinajstić information content (AvgIpc) is 2.00. The van der Waals surface area contributed by atoms with E-state index in [1.165, 1.54) is 6.42 Å². The molecule has 3 heteroatoms. The predicted molar refractivity (Wildman–Crippen MR) is 44.7 cm³/mol. The first-order chi connectivity index (χ1) is 5.83. The van der Waals surface area contributed by atoms with Crippen molar-refractivity contribution in [3.8, 4) is 0 Å². The molecule has 0 aliphatic heterocycles. The summed E-state index contributed by atoms with van der Waals surface area (Å²) in [6, 6.07) is 0. The van der Waals surface area contributed by atoms with Crippen molar-refractivity contribution in [2.45, 2.75) is 25.4 Å². The maximum absolute atomic E-state index is 10.5. The summed E-state index contributed by atoms with van der Waals surface area (Å²) in [5, 5.41) is 0. The second-order valence-electron chi connectivity index (χ2n) is 2.80. The van der Waals surface area contributed by atoms with E-state index < -0.39 is 0 Å². The van der Waals surface area contributed by atoms with Crippen molar-refractivity contribution in [3.63, 3.8) is 0 Å². The lowest BCUT2D eigenvalue weighted by Gasteiger charge is -2.25. The minimum Gasteiger partial charge on any atom is -0.460 e. The quantitative estimate of drug-likeness (QED) is 0.354. The molecule has 1 fully saturated rings. The van der Waals surface area contributed by atoms with Gasteiger partial charge in [0.2, 0.25) is 0 Å². The number of carbonyl (C=O) groups excluding carboxylic acids is 1. The Morgan fingerprint density at radius 2 is 2.25 bits per heavy atom. The highest BCUT2D eigenvalue weighted by atomic mass is 16.6. The van der Waals surface area contributed by atoms with E-state index in [1.807, 2.05) is 0 Å². The number of hydrogen-bond acceptors (Lipinski definition) is 3. The Labute approximate surface area is 72.4 Å².